The van der Waals surface area contributed by atoms with Gasteiger partial charge in [-0.3, -0.25) is 14.3 Å². The fourth-order valence-corrected chi connectivity index (χ4v) is 3.04. The molecule has 1 aromatic heterocycles. The Morgan fingerprint density at radius 2 is 2.15 bits per heavy atom. The smallest absolute Gasteiger partial charge is 0.329 e. The van der Waals surface area contributed by atoms with Crippen LogP contribution in [0.5, 0.6) is 0 Å². The molecular formula is C14H21ClN2O3. The van der Waals surface area contributed by atoms with E-state index in [2.05, 4.69) is 4.98 Å². The molecule has 2 rings (SSSR count). The molecule has 0 aliphatic carbocycles. The van der Waals surface area contributed by atoms with Gasteiger partial charge in [0, 0.05) is 12.6 Å². The molecule has 2 heterocycles. The summed E-state index contributed by atoms with van der Waals surface area (Å²) >= 11 is 5.99. The van der Waals surface area contributed by atoms with Crippen LogP contribution in [0.25, 0.3) is 0 Å². The Bertz CT molecular complexity index is 603. The van der Waals surface area contributed by atoms with Crippen LogP contribution in [-0.4, -0.2) is 21.8 Å². The van der Waals surface area contributed by atoms with Crippen molar-refractivity contribution in [3.63, 3.8) is 0 Å². The molecule has 5 nitrogen and oxygen atoms in total. The van der Waals surface area contributed by atoms with Gasteiger partial charge in [0.15, 0.2) is 0 Å². The summed E-state index contributed by atoms with van der Waals surface area (Å²) in [5.74, 6) is 0. The number of H-pyrrole nitrogens is 1. The molecular weight excluding hydrogens is 280 g/mol. The van der Waals surface area contributed by atoms with Crippen molar-refractivity contribution in [2.45, 2.75) is 58.1 Å². The average Bonchev–Trinajstić information content (AvgIpc) is 2.33. The summed E-state index contributed by atoms with van der Waals surface area (Å²) in [6.07, 6.45) is 2.68. The number of aromatic amines is 1. The highest BCUT2D eigenvalue weighted by molar-refractivity contribution is 6.30. The fraction of sp³-hybridized carbons (Fsp3) is 0.714. The summed E-state index contributed by atoms with van der Waals surface area (Å²) in [7, 11) is 0. The monoisotopic (exact) mass is 300 g/mol. The van der Waals surface area contributed by atoms with Gasteiger partial charge in [-0.2, -0.15) is 0 Å². The summed E-state index contributed by atoms with van der Waals surface area (Å²) < 4.78 is 6.97. The van der Waals surface area contributed by atoms with Crippen LogP contribution in [0.4, 0.5) is 0 Å². The van der Waals surface area contributed by atoms with Crippen LogP contribution in [0, 0.1) is 0 Å². The first kappa shape index (κ1) is 15.3. The van der Waals surface area contributed by atoms with Crippen molar-refractivity contribution in [1.82, 2.24) is 9.55 Å². The van der Waals surface area contributed by atoms with Crippen LogP contribution in [-0.2, 0) is 11.2 Å². The van der Waals surface area contributed by atoms with Crippen molar-refractivity contribution >= 4 is 11.6 Å². The van der Waals surface area contributed by atoms with Crippen molar-refractivity contribution in [1.29, 1.82) is 0 Å². The van der Waals surface area contributed by atoms with Gasteiger partial charge in [0.05, 0.1) is 11.2 Å². The third-order valence-corrected chi connectivity index (χ3v) is 4.04. The first-order chi connectivity index (χ1) is 9.35. The number of rotatable bonds is 3. The highest BCUT2D eigenvalue weighted by Crippen LogP contribution is 2.30. The highest BCUT2D eigenvalue weighted by atomic mass is 35.5. The summed E-state index contributed by atoms with van der Waals surface area (Å²) in [4.78, 5) is 27.2. The SMILES string of the molecule is CCCc1c(Cl)[nH]c(=O)n(C2CCOC(C)(C)C2)c1=O. The summed E-state index contributed by atoms with van der Waals surface area (Å²) in [6.45, 7) is 6.47. The Morgan fingerprint density at radius 1 is 1.45 bits per heavy atom. The molecule has 1 aliphatic heterocycles. The van der Waals surface area contributed by atoms with Gasteiger partial charge < -0.3 is 4.74 Å². The molecule has 0 radical (unpaired) electrons. The van der Waals surface area contributed by atoms with Crippen LogP contribution >= 0.6 is 11.6 Å². The van der Waals surface area contributed by atoms with Gasteiger partial charge in [-0.05, 0) is 33.1 Å². The van der Waals surface area contributed by atoms with E-state index in [1.807, 2.05) is 20.8 Å². The van der Waals surface area contributed by atoms with E-state index in [4.69, 9.17) is 16.3 Å². The first-order valence-corrected chi connectivity index (χ1v) is 7.40. The number of hydrogen-bond donors (Lipinski definition) is 1. The van der Waals surface area contributed by atoms with Crippen LogP contribution in [0.1, 0.15) is 51.6 Å². The Kier molecular flexibility index (Phi) is 4.39. The molecule has 1 aromatic rings. The molecule has 0 saturated carbocycles. The van der Waals surface area contributed by atoms with Gasteiger partial charge in [-0.1, -0.05) is 24.9 Å². The van der Waals surface area contributed by atoms with Crippen LogP contribution in [0.2, 0.25) is 5.15 Å². The molecule has 1 unspecified atom stereocenters. The van der Waals surface area contributed by atoms with Crippen LogP contribution in [0.3, 0.4) is 0 Å². The molecule has 1 saturated heterocycles. The Balaban J connectivity index is 2.49. The fourth-order valence-electron chi connectivity index (χ4n) is 2.78. The molecule has 1 atom stereocenters. The molecule has 0 amide bonds. The Hall–Kier alpha value is -1.07. The van der Waals surface area contributed by atoms with E-state index in [1.165, 1.54) is 4.57 Å². The van der Waals surface area contributed by atoms with Crippen molar-refractivity contribution in [2.75, 3.05) is 6.61 Å². The van der Waals surface area contributed by atoms with E-state index in [-0.39, 0.29) is 22.4 Å². The minimum Gasteiger partial charge on any atom is -0.375 e. The molecule has 0 spiro atoms. The van der Waals surface area contributed by atoms with E-state index in [0.717, 1.165) is 6.42 Å². The molecule has 112 valence electrons. The lowest BCUT2D eigenvalue weighted by molar-refractivity contribution is -0.0701. The second-order valence-electron chi connectivity index (χ2n) is 5.90. The van der Waals surface area contributed by atoms with E-state index >= 15 is 0 Å². The number of nitrogens with one attached hydrogen (secondary N) is 1. The lowest BCUT2D eigenvalue weighted by Gasteiger charge is -2.35. The molecule has 6 heteroatoms. The van der Waals surface area contributed by atoms with Crippen molar-refractivity contribution < 1.29 is 4.74 Å². The van der Waals surface area contributed by atoms with Gasteiger partial charge in [0.2, 0.25) is 0 Å². The van der Waals surface area contributed by atoms with E-state index in [9.17, 15) is 9.59 Å². The first-order valence-electron chi connectivity index (χ1n) is 7.03. The predicted molar refractivity (Wildman–Crippen MR) is 78.6 cm³/mol. The van der Waals surface area contributed by atoms with Crippen molar-refractivity contribution in [2.24, 2.45) is 0 Å². The Labute approximate surface area is 122 Å². The van der Waals surface area contributed by atoms with E-state index < -0.39 is 5.69 Å². The standard InChI is InChI=1S/C14H21ClN2O3/c1-4-5-10-11(15)16-13(19)17(12(10)18)9-6-7-20-14(2,3)8-9/h9H,4-8H2,1-3H3,(H,16,19). The highest BCUT2D eigenvalue weighted by Gasteiger charge is 2.32. The van der Waals surface area contributed by atoms with Gasteiger partial charge in [-0.25, -0.2) is 4.79 Å². The molecule has 1 aliphatic rings. The topological polar surface area (TPSA) is 64.1 Å². The second-order valence-corrected chi connectivity index (χ2v) is 6.28. The molecule has 1 N–H and O–H groups in total. The minimum atomic E-state index is -0.428. The molecule has 0 bridgehead atoms. The van der Waals surface area contributed by atoms with Crippen molar-refractivity contribution in [3.05, 3.63) is 31.6 Å². The molecule has 20 heavy (non-hydrogen) atoms. The van der Waals surface area contributed by atoms with Crippen LogP contribution < -0.4 is 11.2 Å². The quantitative estimate of drug-likeness (QED) is 0.871. The summed E-state index contributed by atoms with van der Waals surface area (Å²) in [5.41, 5.74) is -0.511. The maximum absolute atomic E-state index is 12.5. The summed E-state index contributed by atoms with van der Waals surface area (Å²) in [6, 6.07) is -0.136. The van der Waals surface area contributed by atoms with E-state index in [1.54, 1.807) is 0 Å². The van der Waals surface area contributed by atoms with Crippen LogP contribution in [0.15, 0.2) is 9.59 Å². The number of ether oxygens (including phenoxy) is 1. The molecule has 1 fully saturated rings. The predicted octanol–water partition coefficient (Wildman–Crippen LogP) is 2.27. The van der Waals surface area contributed by atoms with Gasteiger partial charge in [0.25, 0.3) is 5.56 Å². The number of halogens is 1. The maximum atomic E-state index is 12.5. The van der Waals surface area contributed by atoms with E-state index in [0.29, 0.717) is 31.4 Å². The third-order valence-electron chi connectivity index (χ3n) is 3.71. The zero-order valence-electron chi connectivity index (χ0n) is 12.2. The Morgan fingerprint density at radius 3 is 2.75 bits per heavy atom. The lowest BCUT2D eigenvalue weighted by Crippen LogP contribution is -2.45. The van der Waals surface area contributed by atoms with Gasteiger partial charge >= 0.3 is 5.69 Å². The normalized spacial score (nSPS) is 21.9. The zero-order valence-corrected chi connectivity index (χ0v) is 12.9. The number of nitrogens with zero attached hydrogens (tertiary/aromatic N) is 1. The number of hydrogen-bond acceptors (Lipinski definition) is 3. The zero-order chi connectivity index (χ0) is 14.9. The van der Waals surface area contributed by atoms with Gasteiger partial charge in [-0.15, -0.1) is 0 Å². The molecule has 0 aromatic carbocycles. The van der Waals surface area contributed by atoms with Gasteiger partial charge in [0.1, 0.15) is 5.15 Å². The largest absolute Gasteiger partial charge is 0.375 e. The maximum Gasteiger partial charge on any atom is 0.329 e. The lowest BCUT2D eigenvalue weighted by atomic mass is 9.93. The number of aromatic nitrogens is 2. The average molecular weight is 301 g/mol. The van der Waals surface area contributed by atoms with Crippen molar-refractivity contribution in [3.8, 4) is 0 Å². The minimum absolute atomic E-state index is 0.136. The second kappa shape index (κ2) is 5.74. The summed E-state index contributed by atoms with van der Waals surface area (Å²) in [5, 5.41) is 0.171. The third kappa shape index (κ3) is 2.99.